The number of aromatic nitrogens is 1. The third kappa shape index (κ3) is 4.50. The second-order valence-electron chi connectivity index (χ2n) is 7.96. The molecule has 0 spiro atoms. The molecule has 0 aliphatic heterocycles. The Kier molecular flexibility index (Phi) is 5.51. The first-order valence-corrected chi connectivity index (χ1v) is 10.8. The van der Waals surface area contributed by atoms with Gasteiger partial charge in [0.15, 0.2) is 5.58 Å². The number of hydrogen-bond acceptors (Lipinski definition) is 5. The van der Waals surface area contributed by atoms with Gasteiger partial charge < -0.3 is 9.73 Å². The van der Waals surface area contributed by atoms with Gasteiger partial charge in [-0.3, -0.25) is 0 Å². The summed E-state index contributed by atoms with van der Waals surface area (Å²) in [6.45, 7) is 5.64. The van der Waals surface area contributed by atoms with Crippen molar-refractivity contribution in [1.29, 1.82) is 0 Å². The highest BCUT2D eigenvalue weighted by atomic mass is 35.5. The number of fused-ring (bicyclic) bond motifs is 1. The van der Waals surface area contributed by atoms with Gasteiger partial charge in [0.2, 0.25) is 10.0 Å². The largest absolute Gasteiger partial charge is 0.423 e. The number of halogens is 1. The summed E-state index contributed by atoms with van der Waals surface area (Å²) in [4.78, 5) is 4.43. The van der Waals surface area contributed by atoms with Crippen molar-refractivity contribution in [2.45, 2.75) is 57.2 Å². The number of hydrogen-bond donors (Lipinski definition) is 2. The third-order valence-electron chi connectivity index (χ3n) is 4.89. The van der Waals surface area contributed by atoms with Gasteiger partial charge in [-0.1, -0.05) is 11.6 Å². The zero-order chi connectivity index (χ0) is 18.9. The van der Waals surface area contributed by atoms with Crippen molar-refractivity contribution >= 4 is 38.7 Å². The van der Waals surface area contributed by atoms with Crippen LogP contribution in [0, 0.1) is 5.92 Å². The summed E-state index contributed by atoms with van der Waals surface area (Å²) in [5, 5.41) is 3.97. The van der Waals surface area contributed by atoms with Crippen LogP contribution in [0.1, 0.15) is 46.5 Å². The molecule has 0 bridgehead atoms. The third-order valence-corrected chi connectivity index (χ3v) is 7.29. The molecule has 8 heteroatoms. The summed E-state index contributed by atoms with van der Waals surface area (Å²) < 4.78 is 32.0. The van der Waals surface area contributed by atoms with E-state index in [9.17, 15) is 8.42 Å². The molecule has 1 aliphatic rings. The van der Waals surface area contributed by atoms with Crippen LogP contribution in [0.25, 0.3) is 11.1 Å². The number of sulfonamides is 1. The van der Waals surface area contributed by atoms with E-state index in [1.165, 1.54) is 0 Å². The van der Waals surface area contributed by atoms with Crippen molar-refractivity contribution < 1.29 is 12.8 Å². The average molecular weight is 400 g/mol. The molecule has 6 nitrogen and oxygen atoms in total. The highest BCUT2D eigenvalue weighted by molar-refractivity contribution is 7.90. The van der Waals surface area contributed by atoms with Gasteiger partial charge in [-0.15, -0.1) is 0 Å². The Balaban J connectivity index is 1.50. The van der Waals surface area contributed by atoms with Gasteiger partial charge in [0.05, 0.1) is 4.75 Å². The Morgan fingerprint density at radius 2 is 1.92 bits per heavy atom. The van der Waals surface area contributed by atoms with Crippen LogP contribution in [0.15, 0.2) is 22.6 Å². The molecule has 0 amide bonds. The molecule has 0 radical (unpaired) electrons. The fourth-order valence-corrected chi connectivity index (χ4v) is 4.14. The van der Waals surface area contributed by atoms with Crippen LogP contribution in [0.2, 0.25) is 5.02 Å². The van der Waals surface area contributed by atoms with Crippen LogP contribution in [0.5, 0.6) is 0 Å². The van der Waals surface area contributed by atoms with E-state index in [0.29, 0.717) is 29.1 Å². The van der Waals surface area contributed by atoms with Gasteiger partial charge in [0.25, 0.3) is 6.01 Å². The number of nitrogens with zero attached hydrogens (tertiary/aromatic N) is 1. The Morgan fingerprint density at radius 3 is 2.58 bits per heavy atom. The summed E-state index contributed by atoms with van der Waals surface area (Å²) in [7, 11) is -3.28. The lowest BCUT2D eigenvalue weighted by Crippen LogP contribution is -2.42. The van der Waals surface area contributed by atoms with Crippen LogP contribution >= 0.6 is 11.6 Å². The predicted octanol–water partition coefficient (Wildman–Crippen LogP) is 4.17. The molecular formula is C18H26ClN3O3S. The molecule has 1 heterocycles. The topological polar surface area (TPSA) is 84.2 Å². The minimum atomic E-state index is -3.28. The number of anilines is 1. The fraction of sp³-hybridized carbons (Fsp3) is 0.611. The molecule has 1 aromatic carbocycles. The first-order valence-electron chi connectivity index (χ1n) is 8.96. The number of benzene rings is 1. The van der Waals surface area contributed by atoms with Crippen molar-refractivity contribution in [2.75, 3.05) is 11.9 Å². The van der Waals surface area contributed by atoms with Gasteiger partial charge in [0.1, 0.15) is 5.52 Å². The molecule has 144 valence electrons. The van der Waals surface area contributed by atoms with E-state index in [0.717, 1.165) is 31.2 Å². The maximum Gasteiger partial charge on any atom is 0.295 e. The maximum absolute atomic E-state index is 12.2. The lowest BCUT2D eigenvalue weighted by molar-refractivity contribution is 0.333. The van der Waals surface area contributed by atoms with Crippen molar-refractivity contribution in [3.8, 4) is 0 Å². The first kappa shape index (κ1) is 19.5. The summed E-state index contributed by atoms with van der Waals surface area (Å²) in [5.41, 5.74) is 1.45. The van der Waals surface area contributed by atoms with E-state index in [4.69, 9.17) is 16.0 Å². The molecule has 0 atom stereocenters. The van der Waals surface area contributed by atoms with Crippen molar-refractivity contribution in [3.05, 3.63) is 23.2 Å². The van der Waals surface area contributed by atoms with E-state index >= 15 is 0 Å². The van der Waals surface area contributed by atoms with Crippen LogP contribution in [-0.4, -0.2) is 30.7 Å². The zero-order valence-corrected chi connectivity index (χ0v) is 17.0. The normalized spacial score (nSPS) is 21.8. The van der Waals surface area contributed by atoms with Crippen LogP contribution < -0.4 is 10.0 Å². The number of nitrogens with one attached hydrogen (secondary N) is 2. The van der Waals surface area contributed by atoms with Crippen LogP contribution in [-0.2, 0) is 10.0 Å². The Bertz CT molecular complexity index is 865. The lowest BCUT2D eigenvalue weighted by atomic mass is 9.86. The monoisotopic (exact) mass is 399 g/mol. The van der Waals surface area contributed by atoms with Gasteiger partial charge in [-0.2, -0.15) is 4.98 Å². The summed E-state index contributed by atoms with van der Waals surface area (Å²) in [6, 6.07) is 6.19. The summed E-state index contributed by atoms with van der Waals surface area (Å²) >= 11 is 5.97. The summed E-state index contributed by atoms with van der Waals surface area (Å²) in [6.07, 6.45) is 3.86. The van der Waals surface area contributed by atoms with E-state index in [2.05, 4.69) is 15.0 Å². The minimum absolute atomic E-state index is 0.286. The molecule has 1 aromatic heterocycles. The zero-order valence-electron chi connectivity index (χ0n) is 15.4. The van der Waals surface area contributed by atoms with E-state index in [-0.39, 0.29) is 6.04 Å². The maximum atomic E-state index is 12.2. The molecule has 0 unspecified atom stereocenters. The minimum Gasteiger partial charge on any atom is -0.423 e. The Hall–Kier alpha value is -1.31. The first-order chi connectivity index (χ1) is 12.1. The molecule has 1 aliphatic carbocycles. The standard InChI is InChI=1S/C18H26ClN3O3S/c1-18(2,3)26(23,24)20-11-12-4-7-14(8-5-12)21-17-22-15-9-6-13(19)10-16(15)25-17/h6,9-10,12,14,20H,4-5,7-8,11H2,1-3H3,(H,21,22)/t12-,14-. The smallest absolute Gasteiger partial charge is 0.295 e. The molecule has 2 aromatic rings. The molecule has 3 rings (SSSR count). The fourth-order valence-electron chi connectivity index (χ4n) is 3.09. The molecule has 1 saturated carbocycles. The second-order valence-corrected chi connectivity index (χ2v) is 10.9. The highest BCUT2D eigenvalue weighted by Gasteiger charge is 2.30. The molecule has 2 N–H and O–H groups in total. The number of oxazole rings is 1. The number of rotatable bonds is 5. The highest BCUT2D eigenvalue weighted by Crippen LogP contribution is 2.28. The summed E-state index contributed by atoms with van der Waals surface area (Å²) in [5.74, 6) is 0.368. The van der Waals surface area contributed by atoms with E-state index in [1.807, 2.05) is 6.07 Å². The Morgan fingerprint density at radius 1 is 1.23 bits per heavy atom. The van der Waals surface area contributed by atoms with Crippen LogP contribution in [0.3, 0.4) is 0 Å². The van der Waals surface area contributed by atoms with Crippen molar-refractivity contribution in [1.82, 2.24) is 9.71 Å². The molecule has 0 saturated heterocycles. The van der Waals surface area contributed by atoms with Crippen LogP contribution in [0.4, 0.5) is 6.01 Å². The van der Waals surface area contributed by atoms with E-state index in [1.54, 1.807) is 32.9 Å². The van der Waals surface area contributed by atoms with Gasteiger partial charge in [-0.25, -0.2) is 13.1 Å². The van der Waals surface area contributed by atoms with Crippen molar-refractivity contribution in [3.63, 3.8) is 0 Å². The van der Waals surface area contributed by atoms with Gasteiger partial charge in [-0.05, 0) is 64.5 Å². The second kappa shape index (κ2) is 7.37. The van der Waals surface area contributed by atoms with Crippen molar-refractivity contribution in [2.24, 2.45) is 5.92 Å². The molecule has 1 fully saturated rings. The molecular weight excluding hydrogens is 374 g/mol. The van der Waals surface area contributed by atoms with Gasteiger partial charge >= 0.3 is 0 Å². The SMILES string of the molecule is CC(C)(C)S(=O)(=O)NC[C@H]1CC[C@H](Nc2nc3ccc(Cl)cc3o2)CC1. The van der Waals surface area contributed by atoms with Gasteiger partial charge in [0, 0.05) is 23.7 Å². The van der Waals surface area contributed by atoms with E-state index < -0.39 is 14.8 Å². The predicted molar refractivity (Wildman–Crippen MR) is 105 cm³/mol. The molecule has 26 heavy (non-hydrogen) atoms. The average Bonchev–Trinajstić information content (AvgIpc) is 2.94. The Labute approximate surface area is 159 Å². The lowest BCUT2D eigenvalue weighted by Gasteiger charge is -2.29. The quantitative estimate of drug-likeness (QED) is 0.788.